The van der Waals surface area contributed by atoms with E-state index in [1.165, 1.54) is 12.8 Å². The highest BCUT2D eigenvalue weighted by Gasteiger charge is 2.52. The molecule has 5 nitrogen and oxygen atoms in total. The summed E-state index contributed by atoms with van der Waals surface area (Å²) < 4.78 is 5.29. The normalized spacial score (nSPS) is 30.9. The van der Waals surface area contributed by atoms with Crippen molar-refractivity contribution < 1.29 is 19.4 Å². The van der Waals surface area contributed by atoms with Gasteiger partial charge in [-0.2, -0.15) is 0 Å². The Kier molecular flexibility index (Phi) is 3.48. The van der Waals surface area contributed by atoms with Gasteiger partial charge in [0.1, 0.15) is 6.54 Å². The predicted octanol–water partition coefficient (Wildman–Crippen LogP) is 1.12. The van der Waals surface area contributed by atoms with Gasteiger partial charge in [0.2, 0.25) is 5.91 Å². The van der Waals surface area contributed by atoms with Crippen molar-refractivity contribution in [1.82, 2.24) is 4.90 Å². The lowest BCUT2D eigenvalue weighted by Crippen LogP contribution is -2.47. The highest BCUT2D eigenvalue weighted by molar-refractivity contribution is 5.85. The summed E-state index contributed by atoms with van der Waals surface area (Å²) in [5.74, 6) is 0.559. The monoisotopic (exact) mass is 267 g/mol. The average Bonchev–Trinajstić information content (AvgIpc) is 3.27. The molecule has 0 bridgehead atoms. The Morgan fingerprint density at radius 1 is 1.16 bits per heavy atom. The maximum absolute atomic E-state index is 12.5. The second-order valence-corrected chi connectivity index (χ2v) is 6.05. The van der Waals surface area contributed by atoms with Crippen molar-refractivity contribution in [2.24, 2.45) is 17.8 Å². The number of carbonyl (C=O) groups excluding carboxylic acids is 1. The second-order valence-electron chi connectivity index (χ2n) is 6.05. The highest BCUT2D eigenvalue weighted by atomic mass is 16.5. The molecule has 1 amide bonds. The summed E-state index contributed by atoms with van der Waals surface area (Å²) in [5.41, 5.74) is 0. The lowest BCUT2D eigenvalue weighted by molar-refractivity contribution is -0.148. The van der Waals surface area contributed by atoms with Crippen molar-refractivity contribution in [2.75, 3.05) is 19.8 Å². The van der Waals surface area contributed by atoms with Gasteiger partial charge in [0.05, 0.1) is 0 Å². The summed E-state index contributed by atoms with van der Waals surface area (Å²) in [7, 11) is 0. The zero-order chi connectivity index (χ0) is 13.4. The maximum atomic E-state index is 12.5. The third-order valence-electron chi connectivity index (χ3n) is 4.60. The third kappa shape index (κ3) is 2.91. The van der Waals surface area contributed by atoms with Gasteiger partial charge in [-0.05, 0) is 43.9 Å². The van der Waals surface area contributed by atoms with Gasteiger partial charge in [0.15, 0.2) is 0 Å². The smallest absolute Gasteiger partial charge is 0.323 e. The molecule has 0 spiro atoms. The molecule has 1 aliphatic heterocycles. The van der Waals surface area contributed by atoms with E-state index >= 15 is 0 Å². The summed E-state index contributed by atoms with van der Waals surface area (Å²) in [6.07, 6.45) is 5.01. The molecule has 19 heavy (non-hydrogen) atoms. The maximum Gasteiger partial charge on any atom is 0.323 e. The highest BCUT2D eigenvalue weighted by Crippen LogP contribution is 2.55. The van der Waals surface area contributed by atoms with Crippen LogP contribution in [0.25, 0.3) is 0 Å². The summed E-state index contributed by atoms with van der Waals surface area (Å²) in [4.78, 5) is 25.1. The van der Waals surface area contributed by atoms with E-state index in [1.807, 2.05) is 0 Å². The minimum atomic E-state index is -0.913. The molecule has 3 fully saturated rings. The molecule has 0 aromatic carbocycles. The molecule has 2 saturated carbocycles. The number of ether oxygens (including phenoxy) is 1. The first-order valence-corrected chi connectivity index (χ1v) is 7.27. The van der Waals surface area contributed by atoms with E-state index in [2.05, 4.69) is 0 Å². The number of hydrogen-bond acceptors (Lipinski definition) is 3. The summed E-state index contributed by atoms with van der Waals surface area (Å²) >= 11 is 0. The molecule has 1 saturated heterocycles. The zero-order valence-corrected chi connectivity index (χ0v) is 11.1. The minimum absolute atomic E-state index is 0.0535. The van der Waals surface area contributed by atoms with Crippen LogP contribution in [0, 0.1) is 17.8 Å². The third-order valence-corrected chi connectivity index (χ3v) is 4.60. The lowest BCUT2D eigenvalue weighted by atomic mass is 10.1. The molecule has 2 atom stereocenters. The van der Waals surface area contributed by atoms with Gasteiger partial charge in [0.25, 0.3) is 0 Å². The first-order valence-electron chi connectivity index (χ1n) is 7.27. The van der Waals surface area contributed by atoms with Crippen LogP contribution in [0.15, 0.2) is 0 Å². The number of rotatable bonds is 5. The molecule has 2 unspecified atom stereocenters. The van der Waals surface area contributed by atoms with Crippen molar-refractivity contribution in [1.29, 1.82) is 0 Å². The molecule has 106 valence electrons. The Labute approximate surface area is 112 Å². The van der Waals surface area contributed by atoms with Crippen molar-refractivity contribution in [2.45, 2.75) is 38.1 Å². The van der Waals surface area contributed by atoms with Crippen LogP contribution in [-0.4, -0.2) is 47.7 Å². The average molecular weight is 267 g/mol. The van der Waals surface area contributed by atoms with Gasteiger partial charge < -0.3 is 14.7 Å². The molecular formula is C14H21NO4. The van der Waals surface area contributed by atoms with Gasteiger partial charge in [-0.15, -0.1) is 0 Å². The fourth-order valence-corrected chi connectivity index (χ4v) is 3.29. The molecule has 5 heteroatoms. The van der Waals surface area contributed by atoms with E-state index < -0.39 is 5.97 Å². The molecule has 1 heterocycles. The number of carboxylic acids is 1. The first kappa shape index (κ1) is 12.9. The van der Waals surface area contributed by atoms with Crippen LogP contribution in [0.3, 0.4) is 0 Å². The topological polar surface area (TPSA) is 66.8 Å². The molecule has 3 aliphatic rings. The van der Waals surface area contributed by atoms with Crippen molar-refractivity contribution in [3.8, 4) is 0 Å². The van der Waals surface area contributed by atoms with E-state index in [0.29, 0.717) is 19.1 Å². The molecule has 3 rings (SSSR count). The van der Waals surface area contributed by atoms with Gasteiger partial charge in [-0.3, -0.25) is 9.59 Å². The van der Waals surface area contributed by atoms with Crippen LogP contribution in [0.2, 0.25) is 0 Å². The second kappa shape index (κ2) is 5.12. The predicted molar refractivity (Wildman–Crippen MR) is 67.5 cm³/mol. The number of hydrogen-bond donors (Lipinski definition) is 1. The Morgan fingerprint density at radius 2 is 1.84 bits per heavy atom. The van der Waals surface area contributed by atoms with Gasteiger partial charge in [-0.25, -0.2) is 0 Å². The first-order chi connectivity index (χ1) is 9.16. The largest absolute Gasteiger partial charge is 0.480 e. The zero-order valence-electron chi connectivity index (χ0n) is 11.1. The van der Waals surface area contributed by atoms with Crippen LogP contribution in [0.1, 0.15) is 32.1 Å². The van der Waals surface area contributed by atoms with Gasteiger partial charge in [-0.1, -0.05) is 0 Å². The van der Waals surface area contributed by atoms with E-state index in [0.717, 1.165) is 25.2 Å². The van der Waals surface area contributed by atoms with Crippen molar-refractivity contribution in [3.63, 3.8) is 0 Å². The fourth-order valence-electron chi connectivity index (χ4n) is 3.29. The van der Waals surface area contributed by atoms with E-state index in [4.69, 9.17) is 9.84 Å². The van der Waals surface area contributed by atoms with Crippen molar-refractivity contribution in [3.05, 3.63) is 0 Å². The number of amides is 1. The standard InChI is InChI=1S/C14H21NO4/c16-13(17)8-15(10-3-5-19-6-4-10)14(18)12-7-11(12)9-1-2-9/h9-12H,1-8H2,(H,16,17). The SMILES string of the molecule is O=C(O)CN(C(=O)C1CC1C1CC1)C1CCOCC1. The number of aliphatic carboxylic acids is 1. The van der Waals surface area contributed by atoms with Crippen LogP contribution < -0.4 is 0 Å². The molecular weight excluding hydrogens is 246 g/mol. The Balaban J connectivity index is 1.63. The van der Waals surface area contributed by atoms with Gasteiger partial charge >= 0.3 is 5.97 Å². The Morgan fingerprint density at radius 3 is 2.42 bits per heavy atom. The Hall–Kier alpha value is -1.10. The summed E-state index contributed by atoms with van der Waals surface area (Å²) in [6.45, 7) is 1.10. The van der Waals surface area contributed by atoms with Crippen LogP contribution in [0.4, 0.5) is 0 Å². The molecule has 2 aliphatic carbocycles. The number of carbonyl (C=O) groups is 2. The van der Waals surface area contributed by atoms with E-state index in [-0.39, 0.29) is 24.4 Å². The van der Waals surface area contributed by atoms with E-state index in [9.17, 15) is 9.59 Å². The summed E-state index contributed by atoms with van der Waals surface area (Å²) in [6, 6.07) is 0.0535. The lowest BCUT2D eigenvalue weighted by Gasteiger charge is -2.33. The Bertz CT molecular complexity index is 374. The van der Waals surface area contributed by atoms with Gasteiger partial charge in [0, 0.05) is 25.2 Å². The van der Waals surface area contributed by atoms with Crippen LogP contribution in [-0.2, 0) is 14.3 Å². The van der Waals surface area contributed by atoms with Crippen molar-refractivity contribution >= 4 is 11.9 Å². The quantitative estimate of drug-likeness (QED) is 0.810. The number of carboxylic acid groups (broad SMARTS) is 1. The molecule has 0 radical (unpaired) electrons. The minimum Gasteiger partial charge on any atom is -0.480 e. The van der Waals surface area contributed by atoms with E-state index in [1.54, 1.807) is 4.90 Å². The number of nitrogens with zero attached hydrogens (tertiary/aromatic N) is 1. The molecule has 1 N–H and O–H groups in total. The molecule has 0 aromatic heterocycles. The molecule has 0 aromatic rings. The van der Waals surface area contributed by atoms with Crippen LogP contribution >= 0.6 is 0 Å². The van der Waals surface area contributed by atoms with Crippen LogP contribution in [0.5, 0.6) is 0 Å². The summed E-state index contributed by atoms with van der Waals surface area (Å²) in [5, 5.41) is 9.03. The fraction of sp³-hybridized carbons (Fsp3) is 0.857.